The quantitative estimate of drug-likeness (QED) is 0.603. The first-order valence-electron chi connectivity index (χ1n) is 7.82. The molecule has 0 fully saturated rings. The van der Waals surface area contributed by atoms with Gasteiger partial charge in [0.05, 0.1) is 13.2 Å². The maximum atomic E-state index is 12.0. The van der Waals surface area contributed by atoms with Crippen molar-refractivity contribution in [3.8, 4) is 0 Å². The van der Waals surface area contributed by atoms with Gasteiger partial charge in [-0.15, -0.1) is 0 Å². The minimum Gasteiger partial charge on any atom is -0.383 e. The zero-order valence-corrected chi connectivity index (χ0v) is 14.4. The number of carbonyl (C=O) groups is 2. The lowest BCUT2D eigenvalue weighted by molar-refractivity contribution is -0.115. The predicted octanol–water partition coefficient (Wildman–Crippen LogP) is 1.56. The van der Waals surface area contributed by atoms with Crippen molar-refractivity contribution in [2.45, 2.75) is 20.8 Å². The van der Waals surface area contributed by atoms with E-state index in [-0.39, 0.29) is 18.4 Å². The van der Waals surface area contributed by atoms with E-state index in [4.69, 9.17) is 4.74 Å². The second kappa shape index (κ2) is 9.97. The van der Waals surface area contributed by atoms with Crippen molar-refractivity contribution < 1.29 is 14.3 Å². The standard InChI is InChI=1S/C17H27N3O3/c1-12(2)10-19-17(22)14-5-6-15(13(3)9-14)20-16(21)11-18-7-8-23-4/h5-6,9,12,18H,7-8,10-11H2,1-4H3,(H,19,22)(H,20,21). The highest BCUT2D eigenvalue weighted by molar-refractivity contribution is 5.97. The van der Waals surface area contributed by atoms with Crippen LogP contribution in [0.3, 0.4) is 0 Å². The number of amides is 2. The molecule has 3 N–H and O–H groups in total. The summed E-state index contributed by atoms with van der Waals surface area (Å²) in [4.78, 5) is 23.8. The van der Waals surface area contributed by atoms with E-state index >= 15 is 0 Å². The molecule has 23 heavy (non-hydrogen) atoms. The van der Waals surface area contributed by atoms with Gasteiger partial charge in [0.15, 0.2) is 0 Å². The third-order valence-corrected chi connectivity index (χ3v) is 3.20. The fraction of sp³-hybridized carbons (Fsp3) is 0.529. The maximum Gasteiger partial charge on any atom is 0.251 e. The Labute approximate surface area is 138 Å². The molecule has 1 aromatic carbocycles. The van der Waals surface area contributed by atoms with E-state index in [1.165, 1.54) is 0 Å². The average Bonchev–Trinajstić information content (AvgIpc) is 2.51. The molecule has 0 unspecified atom stereocenters. The predicted molar refractivity (Wildman–Crippen MR) is 91.7 cm³/mol. The van der Waals surface area contributed by atoms with Crippen LogP contribution in [0.15, 0.2) is 18.2 Å². The summed E-state index contributed by atoms with van der Waals surface area (Å²) in [7, 11) is 1.62. The fourth-order valence-corrected chi connectivity index (χ4v) is 1.91. The first kappa shape index (κ1) is 19.1. The minimum absolute atomic E-state index is 0.0964. The molecule has 1 aromatic rings. The Bertz CT molecular complexity index is 530. The summed E-state index contributed by atoms with van der Waals surface area (Å²) in [5.41, 5.74) is 2.16. The third kappa shape index (κ3) is 7.25. The number of rotatable bonds is 9. The van der Waals surface area contributed by atoms with Crippen molar-refractivity contribution in [1.29, 1.82) is 0 Å². The van der Waals surface area contributed by atoms with Gasteiger partial charge in [-0.3, -0.25) is 9.59 Å². The van der Waals surface area contributed by atoms with Crippen molar-refractivity contribution in [3.63, 3.8) is 0 Å². The number of carbonyl (C=O) groups excluding carboxylic acids is 2. The van der Waals surface area contributed by atoms with Crippen LogP contribution in [0.2, 0.25) is 0 Å². The first-order chi connectivity index (χ1) is 10.9. The number of nitrogens with one attached hydrogen (secondary N) is 3. The van der Waals surface area contributed by atoms with E-state index in [1.54, 1.807) is 25.3 Å². The molecule has 0 spiro atoms. The summed E-state index contributed by atoms with van der Waals surface area (Å²) in [5.74, 6) is 0.186. The summed E-state index contributed by atoms with van der Waals surface area (Å²) in [6.07, 6.45) is 0. The van der Waals surface area contributed by atoms with Gasteiger partial charge in [-0.1, -0.05) is 13.8 Å². The number of benzene rings is 1. The molecule has 0 atom stereocenters. The Hall–Kier alpha value is -1.92. The van der Waals surface area contributed by atoms with Crippen LogP contribution in [-0.2, 0) is 9.53 Å². The number of ether oxygens (including phenoxy) is 1. The summed E-state index contributed by atoms with van der Waals surface area (Å²) in [6, 6.07) is 5.26. The van der Waals surface area contributed by atoms with Gasteiger partial charge >= 0.3 is 0 Å². The van der Waals surface area contributed by atoms with Crippen LogP contribution in [0, 0.1) is 12.8 Å². The normalized spacial score (nSPS) is 10.7. The van der Waals surface area contributed by atoms with Crippen LogP contribution in [0.25, 0.3) is 0 Å². The highest BCUT2D eigenvalue weighted by Gasteiger charge is 2.09. The Balaban J connectivity index is 2.55. The third-order valence-electron chi connectivity index (χ3n) is 3.20. The molecule has 0 aromatic heterocycles. The second-order valence-corrected chi connectivity index (χ2v) is 5.85. The van der Waals surface area contributed by atoms with Gasteiger partial charge in [0.25, 0.3) is 5.91 Å². The number of anilines is 1. The molecule has 2 amide bonds. The van der Waals surface area contributed by atoms with Crippen molar-refractivity contribution in [2.24, 2.45) is 5.92 Å². The number of hydrogen-bond donors (Lipinski definition) is 3. The zero-order valence-electron chi connectivity index (χ0n) is 14.4. The van der Waals surface area contributed by atoms with E-state index in [0.717, 1.165) is 5.56 Å². The summed E-state index contributed by atoms with van der Waals surface area (Å²) in [5, 5.41) is 8.69. The van der Waals surface area contributed by atoms with Gasteiger partial charge in [-0.25, -0.2) is 0 Å². The van der Waals surface area contributed by atoms with Crippen LogP contribution in [0.1, 0.15) is 29.8 Å². The first-order valence-corrected chi connectivity index (χ1v) is 7.82. The Morgan fingerprint density at radius 2 is 2.00 bits per heavy atom. The fourth-order valence-electron chi connectivity index (χ4n) is 1.91. The molecule has 0 saturated heterocycles. The number of aryl methyl sites for hydroxylation is 1. The van der Waals surface area contributed by atoms with E-state index < -0.39 is 0 Å². The highest BCUT2D eigenvalue weighted by atomic mass is 16.5. The Kier molecular flexibility index (Phi) is 8.29. The largest absolute Gasteiger partial charge is 0.383 e. The van der Waals surface area contributed by atoms with Gasteiger partial charge in [0.1, 0.15) is 0 Å². The van der Waals surface area contributed by atoms with Crippen molar-refractivity contribution in [3.05, 3.63) is 29.3 Å². The monoisotopic (exact) mass is 321 g/mol. The van der Waals surface area contributed by atoms with Crippen molar-refractivity contribution in [2.75, 3.05) is 38.7 Å². The summed E-state index contributed by atoms with van der Waals surface area (Å²) >= 11 is 0. The minimum atomic E-state index is -0.124. The maximum absolute atomic E-state index is 12.0. The highest BCUT2D eigenvalue weighted by Crippen LogP contribution is 2.16. The molecule has 0 aliphatic carbocycles. The molecule has 0 heterocycles. The molecule has 0 saturated carbocycles. The molecular weight excluding hydrogens is 294 g/mol. The van der Waals surface area contributed by atoms with Crippen molar-refractivity contribution >= 4 is 17.5 Å². The Morgan fingerprint density at radius 3 is 2.61 bits per heavy atom. The van der Waals surface area contributed by atoms with E-state index in [0.29, 0.717) is 36.9 Å². The molecule has 1 rings (SSSR count). The van der Waals surface area contributed by atoms with Crippen LogP contribution in [-0.4, -0.2) is 45.2 Å². The summed E-state index contributed by atoms with van der Waals surface area (Å²) in [6.45, 7) is 8.01. The van der Waals surface area contributed by atoms with Gasteiger partial charge in [-0.05, 0) is 36.6 Å². The lowest BCUT2D eigenvalue weighted by atomic mass is 10.1. The van der Waals surface area contributed by atoms with Crippen LogP contribution in [0.4, 0.5) is 5.69 Å². The zero-order chi connectivity index (χ0) is 17.2. The van der Waals surface area contributed by atoms with Gasteiger partial charge < -0.3 is 20.7 Å². The van der Waals surface area contributed by atoms with Gasteiger partial charge in [0.2, 0.25) is 5.91 Å². The molecule has 0 radical (unpaired) electrons. The molecule has 0 bridgehead atoms. The average molecular weight is 321 g/mol. The topological polar surface area (TPSA) is 79.5 Å². The number of hydrogen-bond acceptors (Lipinski definition) is 4. The SMILES string of the molecule is COCCNCC(=O)Nc1ccc(C(=O)NCC(C)C)cc1C. The van der Waals surface area contributed by atoms with Crippen LogP contribution in [0.5, 0.6) is 0 Å². The van der Waals surface area contributed by atoms with Crippen LogP contribution < -0.4 is 16.0 Å². The van der Waals surface area contributed by atoms with E-state index in [2.05, 4.69) is 16.0 Å². The molecule has 6 nitrogen and oxygen atoms in total. The van der Waals surface area contributed by atoms with Crippen molar-refractivity contribution in [1.82, 2.24) is 10.6 Å². The van der Waals surface area contributed by atoms with E-state index in [9.17, 15) is 9.59 Å². The molecule has 0 aliphatic heterocycles. The molecule has 0 aliphatic rings. The summed E-state index contributed by atoms with van der Waals surface area (Å²) < 4.78 is 4.90. The molecular formula is C17H27N3O3. The Morgan fingerprint density at radius 1 is 1.26 bits per heavy atom. The smallest absolute Gasteiger partial charge is 0.251 e. The molecule has 6 heteroatoms. The lowest BCUT2D eigenvalue weighted by Gasteiger charge is -2.12. The number of methoxy groups -OCH3 is 1. The molecule has 128 valence electrons. The lowest BCUT2D eigenvalue weighted by Crippen LogP contribution is -2.30. The van der Waals surface area contributed by atoms with Gasteiger partial charge in [-0.2, -0.15) is 0 Å². The van der Waals surface area contributed by atoms with Crippen LogP contribution >= 0.6 is 0 Å². The second-order valence-electron chi connectivity index (χ2n) is 5.85. The van der Waals surface area contributed by atoms with E-state index in [1.807, 2.05) is 20.8 Å². The van der Waals surface area contributed by atoms with Gasteiger partial charge in [0, 0.05) is 31.5 Å².